The molecule has 1 heterocycles. The van der Waals surface area contributed by atoms with Crippen molar-refractivity contribution < 1.29 is 19.1 Å². The first kappa shape index (κ1) is 14.0. The van der Waals surface area contributed by atoms with E-state index in [1.165, 1.54) is 0 Å². The van der Waals surface area contributed by atoms with Crippen LogP contribution in [0.1, 0.15) is 18.4 Å². The van der Waals surface area contributed by atoms with Crippen molar-refractivity contribution in [3.05, 3.63) is 22.7 Å². The van der Waals surface area contributed by atoms with Crippen LogP contribution in [0, 0.1) is 5.92 Å². The third-order valence-electron chi connectivity index (χ3n) is 3.29. The van der Waals surface area contributed by atoms with Crippen molar-refractivity contribution in [2.24, 2.45) is 5.92 Å². The second-order valence-corrected chi connectivity index (χ2v) is 5.50. The molecule has 2 aliphatic rings. The predicted octanol–water partition coefficient (Wildman–Crippen LogP) is 1.21. The van der Waals surface area contributed by atoms with Gasteiger partial charge in [0, 0.05) is 5.92 Å². The fourth-order valence-corrected chi connectivity index (χ4v) is 2.36. The Morgan fingerprint density at radius 3 is 2.71 bits per heavy atom. The molecule has 0 aromatic heterocycles. The van der Waals surface area contributed by atoms with Crippen LogP contribution in [-0.2, 0) is 16.0 Å². The molecule has 0 spiro atoms. The van der Waals surface area contributed by atoms with Gasteiger partial charge in [0.25, 0.3) is 0 Å². The fourth-order valence-electron chi connectivity index (χ4n) is 2.07. The number of rotatable bonds is 3. The van der Waals surface area contributed by atoms with E-state index >= 15 is 0 Å². The number of halogens is 1. The number of fused-ring (bicyclic) bond motifs is 1. The highest BCUT2D eigenvalue weighted by Gasteiger charge is 2.29. The lowest BCUT2D eigenvalue weighted by atomic mass is 10.1. The molecule has 1 aromatic carbocycles. The normalized spacial score (nSPS) is 16.2. The first-order chi connectivity index (χ1) is 10.1. The van der Waals surface area contributed by atoms with E-state index in [4.69, 9.17) is 21.1 Å². The number of ether oxygens (including phenoxy) is 2. The van der Waals surface area contributed by atoms with Crippen molar-refractivity contribution >= 4 is 23.4 Å². The monoisotopic (exact) mass is 310 g/mol. The highest BCUT2D eigenvalue weighted by Crippen LogP contribution is 2.38. The van der Waals surface area contributed by atoms with E-state index in [2.05, 4.69) is 10.9 Å². The molecule has 112 valence electrons. The van der Waals surface area contributed by atoms with Gasteiger partial charge in [-0.25, -0.2) is 0 Å². The molecule has 0 saturated heterocycles. The summed E-state index contributed by atoms with van der Waals surface area (Å²) in [5, 5.41) is 0.414. The number of carbonyl (C=O) groups is 2. The minimum absolute atomic E-state index is 0.0500. The molecule has 0 unspecified atom stereocenters. The van der Waals surface area contributed by atoms with Crippen molar-refractivity contribution in [2.75, 3.05) is 13.2 Å². The molecule has 7 heteroatoms. The van der Waals surface area contributed by atoms with E-state index in [-0.39, 0.29) is 24.2 Å². The summed E-state index contributed by atoms with van der Waals surface area (Å²) >= 11 is 6.10. The molecule has 1 aromatic rings. The van der Waals surface area contributed by atoms with Crippen LogP contribution in [0.15, 0.2) is 12.1 Å². The number of carbonyl (C=O) groups excluding carboxylic acids is 2. The molecule has 1 fully saturated rings. The van der Waals surface area contributed by atoms with Gasteiger partial charge in [-0.05, 0) is 30.5 Å². The molecule has 2 amide bonds. The summed E-state index contributed by atoms with van der Waals surface area (Å²) in [5.41, 5.74) is 5.51. The zero-order valence-electron chi connectivity index (χ0n) is 11.3. The zero-order valence-corrected chi connectivity index (χ0v) is 12.0. The van der Waals surface area contributed by atoms with Crippen LogP contribution >= 0.6 is 11.6 Å². The Bertz CT molecular complexity index is 587. The summed E-state index contributed by atoms with van der Waals surface area (Å²) in [7, 11) is 0. The van der Waals surface area contributed by atoms with Gasteiger partial charge in [0.05, 0.1) is 11.4 Å². The molecule has 2 N–H and O–H groups in total. The third kappa shape index (κ3) is 3.39. The minimum atomic E-state index is -0.309. The number of amides is 2. The first-order valence-electron chi connectivity index (χ1n) is 6.80. The van der Waals surface area contributed by atoms with E-state index in [1.54, 1.807) is 12.1 Å². The maximum atomic E-state index is 11.8. The molecule has 1 saturated carbocycles. The molecule has 0 bridgehead atoms. The molecule has 0 atom stereocenters. The lowest BCUT2D eigenvalue weighted by Gasteiger charge is -2.20. The summed E-state index contributed by atoms with van der Waals surface area (Å²) in [4.78, 5) is 23.2. The second-order valence-electron chi connectivity index (χ2n) is 5.09. The smallest absolute Gasteiger partial charge is 0.242 e. The summed E-state index contributed by atoms with van der Waals surface area (Å²) < 4.78 is 10.9. The summed E-state index contributed by atoms with van der Waals surface area (Å²) in [6.45, 7) is 0.913. The van der Waals surface area contributed by atoms with Crippen molar-refractivity contribution in [3.63, 3.8) is 0 Å². The molecule has 21 heavy (non-hydrogen) atoms. The van der Waals surface area contributed by atoms with Crippen LogP contribution in [0.2, 0.25) is 5.02 Å². The van der Waals surface area contributed by atoms with Gasteiger partial charge >= 0.3 is 0 Å². The van der Waals surface area contributed by atoms with Gasteiger partial charge in [0.1, 0.15) is 13.2 Å². The van der Waals surface area contributed by atoms with Crippen molar-refractivity contribution in [2.45, 2.75) is 19.3 Å². The molecule has 1 aliphatic heterocycles. The maximum Gasteiger partial charge on any atom is 0.242 e. The number of hydrogen-bond donors (Lipinski definition) is 2. The van der Waals surface area contributed by atoms with Gasteiger partial charge in [-0.1, -0.05) is 11.6 Å². The van der Waals surface area contributed by atoms with Gasteiger partial charge in [-0.2, -0.15) is 0 Å². The number of hydrogen-bond acceptors (Lipinski definition) is 4. The predicted molar refractivity (Wildman–Crippen MR) is 75.2 cm³/mol. The van der Waals surface area contributed by atoms with Crippen LogP contribution in [0.5, 0.6) is 11.5 Å². The highest BCUT2D eigenvalue weighted by atomic mass is 35.5. The summed E-state index contributed by atoms with van der Waals surface area (Å²) in [6.07, 6.45) is 1.88. The Morgan fingerprint density at radius 1 is 1.19 bits per heavy atom. The van der Waals surface area contributed by atoms with Crippen LogP contribution < -0.4 is 20.3 Å². The quantitative estimate of drug-likeness (QED) is 0.823. The number of nitrogens with one attached hydrogen (secondary N) is 2. The molecule has 3 rings (SSSR count). The van der Waals surface area contributed by atoms with Gasteiger partial charge in [0.15, 0.2) is 11.5 Å². The van der Waals surface area contributed by atoms with E-state index in [0.29, 0.717) is 35.3 Å². The summed E-state index contributed by atoms with van der Waals surface area (Å²) in [6, 6.07) is 3.39. The second kappa shape index (κ2) is 5.81. The van der Waals surface area contributed by atoms with Gasteiger partial charge in [-0.3, -0.25) is 20.4 Å². The topological polar surface area (TPSA) is 76.7 Å². The Morgan fingerprint density at radius 2 is 1.95 bits per heavy atom. The SMILES string of the molecule is O=C(Cc1cc(Cl)c2c(c1)OCCO2)NNC(=O)C1CC1. The largest absolute Gasteiger partial charge is 0.486 e. The standard InChI is InChI=1S/C14H15ClN2O4/c15-10-5-8(6-11-13(10)21-4-3-20-11)7-12(18)16-17-14(19)9-1-2-9/h5-6,9H,1-4,7H2,(H,16,18)(H,17,19). The van der Waals surface area contributed by atoms with Gasteiger partial charge < -0.3 is 9.47 Å². The van der Waals surface area contributed by atoms with Gasteiger partial charge in [0.2, 0.25) is 11.8 Å². The first-order valence-corrected chi connectivity index (χ1v) is 7.18. The molecule has 0 radical (unpaired) electrons. The van der Waals surface area contributed by atoms with E-state index in [1.807, 2.05) is 0 Å². The molecule has 6 nitrogen and oxygen atoms in total. The van der Waals surface area contributed by atoms with E-state index < -0.39 is 0 Å². The van der Waals surface area contributed by atoms with Crippen molar-refractivity contribution in [1.29, 1.82) is 0 Å². The molecular weight excluding hydrogens is 296 g/mol. The average Bonchev–Trinajstić information content (AvgIpc) is 3.29. The Kier molecular flexibility index (Phi) is 3.88. The third-order valence-corrected chi connectivity index (χ3v) is 3.58. The van der Waals surface area contributed by atoms with Crippen LogP contribution in [0.4, 0.5) is 0 Å². The minimum Gasteiger partial charge on any atom is -0.486 e. The number of benzene rings is 1. The fraction of sp³-hybridized carbons (Fsp3) is 0.429. The van der Waals surface area contributed by atoms with Gasteiger partial charge in [-0.15, -0.1) is 0 Å². The van der Waals surface area contributed by atoms with Crippen LogP contribution in [0.25, 0.3) is 0 Å². The Labute approximate surface area is 126 Å². The van der Waals surface area contributed by atoms with Crippen LogP contribution in [-0.4, -0.2) is 25.0 Å². The molecular formula is C14H15ClN2O4. The van der Waals surface area contributed by atoms with E-state index in [0.717, 1.165) is 12.8 Å². The lowest BCUT2D eigenvalue weighted by molar-refractivity contribution is -0.129. The molecule has 1 aliphatic carbocycles. The Balaban J connectivity index is 1.60. The van der Waals surface area contributed by atoms with Crippen molar-refractivity contribution in [3.8, 4) is 11.5 Å². The van der Waals surface area contributed by atoms with Crippen molar-refractivity contribution in [1.82, 2.24) is 10.9 Å². The number of hydrazine groups is 1. The Hall–Kier alpha value is -1.95. The lowest BCUT2D eigenvalue weighted by Crippen LogP contribution is -2.43. The van der Waals surface area contributed by atoms with Crippen LogP contribution in [0.3, 0.4) is 0 Å². The maximum absolute atomic E-state index is 11.8. The average molecular weight is 311 g/mol. The summed E-state index contributed by atoms with van der Waals surface area (Å²) in [5.74, 6) is 0.655. The highest BCUT2D eigenvalue weighted by molar-refractivity contribution is 6.32. The van der Waals surface area contributed by atoms with E-state index in [9.17, 15) is 9.59 Å². The zero-order chi connectivity index (χ0) is 14.8.